The summed E-state index contributed by atoms with van der Waals surface area (Å²) in [7, 11) is 0. The minimum Gasteiger partial charge on any atom is -0.317 e. The van der Waals surface area contributed by atoms with Crippen molar-refractivity contribution in [3.63, 3.8) is 0 Å². The first-order valence-electron chi connectivity index (χ1n) is 7.99. The Labute approximate surface area is 128 Å². The van der Waals surface area contributed by atoms with Crippen molar-refractivity contribution in [2.24, 2.45) is 5.41 Å². The minimum absolute atomic E-state index is 0.0532. The highest BCUT2D eigenvalue weighted by Gasteiger charge is 2.46. The molecule has 2 aromatic rings. The average Bonchev–Trinajstić information content (AvgIpc) is 2.56. The molecule has 2 aromatic carbocycles. The monoisotopic (exact) mass is 279 g/mol. The van der Waals surface area contributed by atoms with Gasteiger partial charge >= 0.3 is 0 Å². The summed E-state index contributed by atoms with van der Waals surface area (Å²) in [5.41, 5.74) is 3.19. The van der Waals surface area contributed by atoms with Crippen molar-refractivity contribution in [1.82, 2.24) is 5.32 Å². The number of hydrogen-bond acceptors (Lipinski definition) is 1. The van der Waals surface area contributed by atoms with E-state index >= 15 is 0 Å². The summed E-state index contributed by atoms with van der Waals surface area (Å²) in [5, 5.41) is 3.51. The van der Waals surface area contributed by atoms with Crippen LogP contribution >= 0.6 is 0 Å². The van der Waals surface area contributed by atoms with Gasteiger partial charge in [-0.3, -0.25) is 0 Å². The van der Waals surface area contributed by atoms with Gasteiger partial charge in [0.25, 0.3) is 0 Å². The Morgan fingerprint density at radius 2 is 1.24 bits per heavy atom. The van der Waals surface area contributed by atoms with E-state index in [1.807, 2.05) is 0 Å². The number of piperidine rings is 1. The van der Waals surface area contributed by atoms with E-state index < -0.39 is 0 Å². The molecule has 1 N–H and O–H groups in total. The van der Waals surface area contributed by atoms with Crippen molar-refractivity contribution in [3.8, 4) is 0 Å². The number of hydrogen-bond donors (Lipinski definition) is 1. The average molecular weight is 279 g/mol. The minimum atomic E-state index is 0.0532. The summed E-state index contributed by atoms with van der Waals surface area (Å²) in [6.07, 6.45) is 2.43. The maximum absolute atomic E-state index is 3.51. The van der Waals surface area contributed by atoms with Crippen LogP contribution in [0.5, 0.6) is 0 Å². The van der Waals surface area contributed by atoms with E-state index in [0.717, 1.165) is 13.1 Å². The van der Waals surface area contributed by atoms with Gasteiger partial charge in [-0.05, 0) is 42.5 Å². The fraction of sp³-hybridized carbons (Fsp3) is 0.400. The van der Waals surface area contributed by atoms with E-state index in [2.05, 4.69) is 79.8 Å². The van der Waals surface area contributed by atoms with Gasteiger partial charge in [0.1, 0.15) is 0 Å². The van der Waals surface area contributed by atoms with Crippen LogP contribution < -0.4 is 5.32 Å². The van der Waals surface area contributed by atoms with E-state index in [9.17, 15) is 0 Å². The SMILES string of the molecule is CC1(C(C)(c2ccccc2)c2ccccc2)CCNCC1. The summed E-state index contributed by atoms with van der Waals surface area (Å²) >= 11 is 0. The molecule has 0 spiro atoms. The molecule has 0 saturated carbocycles. The van der Waals surface area contributed by atoms with E-state index in [0.29, 0.717) is 0 Å². The first kappa shape index (κ1) is 14.3. The zero-order chi connectivity index (χ0) is 14.8. The Kier molecular flexibility index (Phi) is 3.86. The van der Waals surface area contributed by atoms with Crippen molar-refractivity contribution in [2.75, 3.05) is 13.1 Å². The standard InChI is InChI=1S/C20H25N/c1-19(13-15-21-16-14-19)20(2,17-9-5-3-6-10-17)18-11-7-4-8-12-18/h3-12,21H,13-16H2,1-2H3. The smallest absolute Gasteiger partial charge is 0.0229 e. The molecule has 0 aliphatic carbocycles. The van der Waals surface area contributed by atoms with Gasteiger partial charge < -0.3 is 5.32 Å². The highest BCUT2D eigenvalue weighted by molar-refractivity contribution is 5.41. The number of rotatable bonds is 3. The van der Waals surface area contributed by atoms with Crippen LogP contribution in [0.15, 0.2) is 60.7 Å². The summed E-state index contributed by atoms with van der Waals surface area (Å²) in [6.45, 7) is 7.13. The van der Waals surface area contributed by atoms with Gasteiger partial charge in [-0.2, -0.15) is 0 Å². The van der Waals surface area contributed by atoms with Gasteiger partial charge in [0, 0.05) is 5.41 Å². The Morgan fingerprint density at radius 3 is 1.67 bits per heavy atom. The lowest BCUT2D eigenvalue weighted by atomic mass is 9.55. The zero-order valence-electron chi connectivity index (χ0n) is 13.1. The molecule has 0 unspecified atom stereocenters. The maximum Gasteiger partial charge on any atom is 0.0229 e. The molecule has 1 aliphatic heterocycles. The van der Waals surface area contributed by atoms with Crippen LogP contribution in [0.3, 0.4) is 0 Å². The second-order valence-electron chi connectivity index (χ2n) is 6.67. The molecule has 1 heterocycles. The topological polar surface area (TPSA) is 12.0 Å². The van der Waals surface area contributed by atoms with Crippen molar-refractivity contribution >= 4 is 0 Å². The van der Waals surface area contributed by atoms with Crippen LogP contribution in [0.2, 0.25) is 0 Å². The molecule has 1 fully saturated rings. The lowest BCUT2D eigenvalue weighted by molar-refractivity contribution is 0.133. The predicted octanol–water partition coefficient (Wildman–Crippen LogP) is 4.38. The lowest BCUT2D eigenvalue weighted by Gasteiger charge is -2.50. The van der Waals surface area contributed by atoms with Gasteiger partial charge in [-0.25, -0.2) is 0 Å². The van der Waals surface area contributed by atoms with Gasteiger partial charge in [0.05, 0.1) is 0 Å². The second-order valence-corrected chi connectivity index (χ2v) is 6.67. The lowest BCUT2D eigenvalue weighted by Crippen LogP contribution is -2.48. The summed E-state index contributed by atoms with van der Waals surface area (Å²) in [6, 6.07) is 22.1. The first-order valence-corrected chi connectivity index (χ1v) is 7.99. The highest BCUT2D eigenvalue weighted by Crippen LogP contribution is 2.51. The van der Waals surface area contributed by atoms with Crippen LogP contribution in [-0.2, 0) is 5.41 Å². The molecule has 0 atom stereocenters. The molecule has 1 heteroatoms. The highest BCUT2D eigenvalue weighted by atomic mass is 14.9. The van der Waals surface area contributed by atoms with Crippen LogP contribution in [0, 0.1) is 5.41 Å². The van der Waals surface area contributed by atoms with E-state index in [1.165, 1.54) is 24.0 Å². The third kappa shape index (κ3) is 2.40. The summed E-state index contributed by atoms with van der Waals surface area (Å²) in [4.78, 5) is 0. The number of nitrogens with one attached hydrogen (secondary N) is 1. The third-order valence-electron chi connectivity index (χ3n) is 5.62. The normalized spacial score (nSPS) is 18.4. The molecule has 0 amide bonds. The van der Waals surface area contributed by atoms with Gasteiger partial charge in [-0.1, -0.05) is 74.5 Å². The Morgan fingerprint density at radius 1 is 0.810 bits per heavy atom. The number of benzene rings is 2. The van der Waals surface area contributed by atoms with E-state index in [4.69, 9.17) is 0 Å². The molecule has 0 aromatic heterocycles. The maximum atomic E-state index is 3.51. The molecule has 0 bridgehead atoms. The third-order valence-corrected chi connectivity index (χ3v) is 5.62. The fourth-order valence-electron chi connectivity index (χ4n) is 3.89. The molecule has 1 saturated heterocycles. The predicted molar refractivity (Wildman–Crippen MR) is 89.5 cm³/mol. The van der Waals surface area contributed by atoms with Crippen LogP contribution in [0.4, 0.5) is 0 Å². The largest absolute Gasteiger partial charge is 0.317 e. The molecule has 110 valence electrons. The van der Waals surface area contributed by atoms with Crippen molar-refractivity contribution in [2.45, 2.75) is 32.1 Å². The van der Waals surface area contributed by atoms with Gasteiger partial charge in [0.15, 0.2) is 0 Å². The summed E-state index contributed by atoms with van der Waals surface area (Å²) < 4.78 is 0. The molecule has 1 nitrogen and oxygen atoms in total. The molecule has 0 radical (unpaired) electrons. The molecule has 3 rings (SSSR count). The van der Waals surface area contributed by atoms with Gasteiger partial charge in [-0.15, -0.1) is 0 Å². The molecular weight excluding hydrogens is 254 g/mol. The fourth-order valence-corrected chi connectivity index (χ4v) is 3.89. The van der Waals surface area contributed by atoms with Crippen LogP contribution in [0.25, 0.3) is 0 Å². The van der Waals surface area contributed by atoms with E-state index in [-0.39, 0.29) is 10.8 Å². The van der Waals surface area contributed by atoms with Crippen LogP contribution in [0.1, 0.15) is 37.8 Å². The van der Waals surface area contributed by atoms with Crippen LogP contribution in [-0.4, -0.2) is 13.1 Å². The van der Waals surface area contributed by atoms with Gasteiger partial charge in [0.2, 0.25) is 0 Å². The quantitative estimate of drug-likeness (QED) is 0.879. The van der Waals surface area contributed by atoms with Crippen molar-refractivity contribution < 1.29 is 0 Å². The molecular formula is C20H25N. The molecule has 1 aliphatic rings. The second kappa shape index (κ2) is 5.65. The van der Waals surface area contributed by atoms with Crippen molar-refractivity contribution in [3.05, 3.63) is 71.8 Å². The first-order chi connectivity index (χ1) is 10.2. The Hall–Kier alpha value is -1.60. The Balaban J connectivity index is 2.15. The summed E-state index contributed by atoms with van der Waals surface area (Å²) in [5.74, 6) is 0. The Bertz CT molecular complexity index is 528. The molecule has 21 heavy (non-hydrogen) atoms. The van der Waals surface area contributed by atoms with E-state index in [1.54, 1.807) is 0 Å². The van der Waals surface area contributed by atoms with Crippen molar-refractivity contribution in [1.29, 1.82) is 0 Å². The zero-order valence-corrected chi connectivity index (χ0v) is 13.1.